The number of anilines is 1. The molecule has 0 aromatic carbocycles. The van der Waals surface area contributed by atoms with E-state index in [4.69, 9.17) is 4.74 Å². The number of ether oxygens (including phenoxy) is 1. The first-order chi connectivity index (χ1) is 8.17. The lowest BCUT2D eigenvalue weighted by molar-refractivity contribution is 0.459. The maximum absolute atomic E-state index is 5.60. The number of aromatic nitrogens is 3. The van der Waals surface area contributed by atoms with Crippen LogP contribution in [0.15, 0.2) is 24.4 Å². The molecular weight excluding hydrogens is 216 g/mol. The standard InChI is InChI=1S/C12H14N4O/c1-8-4-5-10(7-14-8)17-11-6-9(2)15-12(13-3)16-11/h4-7H,1-3H3,(H,13,15,16). The van der Waals surface area contributed by atoms with Crippen molar-refractivity contribution in [2.24, 2.45) is 0 Å². The molecule has 0 spiro atoms. The number of pyridine rings is 1. The molecule has 0 atom stereocenters. The van der Waals surface area contributed by atoms with Crippen LogP contribution in [0.5, 0.6) is 11.6 Å². The number of rotatable bonds is 3. The van der Waals surface area contributed by atoms with Gasteiger partial charge in [0.2, 0.25) is 11.8 Å². The Morgan fingerprint density at radius 1 is 1.12 bits per heavy atom. The van der Waals surface area contributed by atoms with Gasteiger partial charge in [-0.3, -0.25) is 4.98 Å². The Balaban J connectivity index is 2.23. The van der Waals surface area contributed by atoms with Gasteiger partial charge in [0.25, 0.3) is 0 Å². The van der Waals surface area contributed by atoms with Crippen molar-refractivity contribution in [2.45, 2.75) is 13.8 Å². The predicted octanol–water partition coefficient (Wildman–Crippen LogP) is 2.32. The van der Waals surface area contributed by atoms with Crippen LogP contribution in [0.4, 0.5) is 5.95 Å². The van der Waals surface area contributed by atoms with E-state index in [1.807, 2.05) is 26.0 Å². The number of aryl methyl sites for hydroxylation is 2. The summed E-state index contributed by atoms with van der Waals surface area (Å²) in [7, 11) is 1.77. The number of hydrogen-bond donors (Lipinski definition) is 1. The summed E-state index contributed by atoms with van der Waals surface area (Å²) in [5.74, 6) is 1.71. The molecule has 0 fully saturated rings. The molecule has 88 valence electrons. The lowest BCUT2D eigenvalue weighted by Crippen LogP contribution is -1.99. The Morgan fingerprint density at radius 3 is 2.59 bits per heavy atom. The molecule has 0 unspecified atom stereocenters. The van der Waals surface area contributed by atoms with Gasteiger partial charge >= 0.3 is 0 Å². The lowest BCUT2D eigenvalue weighted by Gasteiger charge is -2.07. The molecule has 0 amide bonds. The second-order valence-electron chi connectivity index (χ2n) is 3.66. The monoisotopic (exact) mass is 230 g/mol. The second kappa shape index (κ2) is 4.78. The molecular formula is C12H14N4O. The van der Waals surface area contributed by atoms with Gasteiger partial charge in [-0.25, -0.2) is 4.98 Å². The Bertz CT molecular complexity index is 510. The molecule has 0 radical (unpaired) electrons. The molecule has 0 bridgehead atoms. The van der Waals surface area contributed by atoms with Gasteiger partial charge in [0, 0.05) is 24.5 Å². The Kier molecular flexibility index (Phi) is 3.18. The molecule has 5 heteroatoms. The largest absolute Gasteiger partial charge is 0.437 e. The highest BCUT2D eigenvalue weighted by molar-refractivity contribution is 5.32. The van der Waals surface area contributed by atoms with E-state index in [0.717, 1.165) is 11.4 Å². The van der Waals surface area contributed by atoms with Gasteiger partial charge in [-0.05, 0) is 26.0 Å². The minimum atomic E-state index is 0.507. The van der Waals surface area contributed by atoms with Crippen LogP contribution >= 0.6 is 0 Å². The normalized spacial score (nSPS) is 10.1. The van der Waals surface area contributed by atoms with Crippen LogP contribution < -0.4 is 10.1 Å². The highest BCUT2D eigenvalue weighted by Crippen LogP contribution is 2.20. The first-order valence-electron chi connectivity index (χ1n) is 5.31. The molecule has 2 aromatic heterocycles. The van der Waals surface area contributed by atoms with Gasteiger partial charge in [0.1, 0.15) is 5.75 Å². The van der Waals surface area contributed by atoms with Crippen molar-refractivity contribution in [2.75, 3.05) is 12.4 Å². The zero-order valence-corrected chi connectivity index (χ0v) is 10.1. The zero-order chi connectivity index (χ0) is 12.3. The van der Waals surface area contributed by atoms with Crippen LogP contribution in [0.1, 0.15) is 11.4 Å². The van der Waals surface area contributed by atoms with Crippen LogP contribution in [0.25, 0.3) is 0 Å². The van der Waals surface area contributed by atoms with E-state index >= 15 is 0 Å². The fraction of sp³-hybridized carbons (Fsp3) is 0.250. The molecule has 0 aliphatic rings. The Labute approximate surface area is 99.9 Å². The van der Waals surface area contributed by atoms with E-state index in [-0.39, 0.29) is 0 Å². The summed E-state index contributed by atoms with van der Waals surface area (Å²) in [6, 6.07) is 5.53. The van der Waals surface area contributed by atoms with Crippen molar-refractivity contribution in [1.82, 2.24) is 15.0 Å². The first kappa shape index (κ1) is 11.3. The minimum absolute atomic E-state index is 0.507. The zero-order valence-electron chi connectivity index (χ0n) is 10.1. The molecule has 0 saturated carbocycles. The van der Waals surface area contributed by atoms with Crippen LogP contribution in [0, 0.1) is 13.8 Å². The van der Waals surface area contributed by atoms with Crippen LogP contribution in [-0.4, -0.2) is 22.0 Å². The summed E-state index contributed by atoms with van der Waals surface area (Å²) in [4.78, 5) is 12.5. The first-order valence-corrected chi connectivity index (χ1v) is 5.31. The van der Waals surface area contributed by atoms with Crippen molar-refractivity contribution in [3.63, 3.8) is 0 Å². The van der Waals surface area contributed by atoms with E-state index in [1.165, 1.54) is 0 Å². The third kappa shape index (κ3) is 2.90. The predicted molar refractivity (Wildman–Crippen MR) is 65.4 cm³/mol. The third-order valence-corrected chi connectivity index (χ3v) is 2.16. The van der Waals surface area contributed by atoms with Crippen molar-refractivity contribution >= 4 is 5.95 Å². The summed E-state index contributed by atoms with van der Waals surface area (Å²) in [6.45, 7) is 3.82. The van der Waals surface area contributed by atoms with Gasteiger partial charge in [0.15, 0.2) is 0 Å². The minimum Gasteiger partial charge on any atom is -0.437 e. The van der Waals surface area contributed by atoms with E-state index < -0.39 is 0 Å². The van der Waals surface area contributed by atoms with Crippen LogP contribution in [0.3, 0.4) is 0 Å². The fourth-order valence-corrected chi connectivity index (χ4v) is 1.34. The summed E-state index contributed by atoms with van der Waals surface area (Å²) in [5, 5.41) is 2.89. The number of nitrogens with one attached hydrogen (secondary N) is 1. The number of hydrogen-bond acceptors (Lipinski definition) is 5. The molecule has 2 heterocycles. The van der Waals surface area contributed by atoms with Gasteiger partial charge in [0.05, 0.1) is 6.20 Å². The topological polar surface area (TPSA) is 59.9 Å². The maximum atomic E-state index is 5.60. The average Bonchev–Trinajstić information content (AvgIpc) is 2.31. The van der Waals surface area contributed by atoms with Gasteiger partial charge < -0.3 is 10.1 Å². The molecule has 0 aliphatic carbocycles. The smallest absolute Gasteiger partial charge is 0.225 e. The van der Waals surface area contributed by atoms with E-state index in [9.17, 15) is 0 Å². The molecule has 17 heavy (non-hydrogen) atoms. The van der Waals surface area contributed by atoms with Crippen LogP contribution in [-0.2, 0) is 0 Å². The van der Waals surface area contributed by atoms with Crippen molar-refractivity contribution < 1.29 is 4.74 Å². The maximum Gasteiger partial charge on any atom is 0.225 e. The summed E-state index contributed by atoms with van der Waals surface area (Å²) in [5.41, 5.74) is 1.80. The van der Waals surface area contributed by atoms with Crippen molar-refractivity contribution in [3.05, 3.63) is 35.8 Å². The van der Waals surface area contributed by atoms with Gasteiger partial charge in [-0.1, -0.05) is 0 Å². The lowest BCUT2D eigenvalue weighted by atomic mass is 10.4. The number of nitrogens with zero attached hydrogens (tertiary/aromatic N) is 3. The average molecular weight is 230 g/mol. The summed E-state index contributed by atoms with van der Waals surface area (Å²) < 4.78 is 5.60. The molecule has 0 aliphatic heterocycles. The SMILES string of the molecule is CNc1nc(C)cc(Oc2ccc(C)nc2)n1. The summed E-state index contributed by atoms with van der Waals surface area (Å²) >= 11 is 0. The molecule has 2 aromatic rings. The fourth-order valence-electron chi connectivity index (χ4n) is 1.34. The molecule has 5 nitrogen and oxygen atoms in total. The molecule has 2 rings (SSSR count). The Morgan fingerprint density at radius 2 is 1.94 bits per heavy atom. The van der Waals surface area contributed by atoms with Crippen molar-refractivity contribution in [1.29, 1.82) is 0 Å². The highest BCUT2D eigenvalue weighted by atomic mass is 16.5. The van der Waals surface area contributed by atoms with Crippen LogP contribution in [0.2, 0.25) is 0 Å². The van der Waals surface area contributed by atoms with Crippen molar-refractivity contribution in [3.8, 4) is 11.6 Å². The Hall–Kier alpha value is -2.17. The second-order valence-corrected chi connectivity index (χ2v) is 3.66. The molecule has 1 N–H and O–H groups in total. The van der Waals surface area contributed by atoms with E-state index in [1.54, 1.807) is 19.3 Å². The highest BCUT2D eigenvalue weighted by Gasteiger charge is 2.03. The summed E-state index contributed by atoms with van der Waals surface area (Å²) in [6.07, 6.45) is 1.67. The van der Waals surface area contributed by atoms with Gasteiger partial charge in [-0.2, -0.15) is 4.98 Å². The van der Waals surface area contributed by atoms with Gasteiger partial charge in [-0.15, -0.1) is 0 Å². The molecule has 0 saturated heterocycles. The van der Waals surface area contributed by atoms with E-state index in [2.05, 4.69) is 20.3 Å². The third-order valence-electron chi connectivity index (χ3n) is 2.16. The quantitative estimate of drug-likeness (QED) is 0.876. The van der Waals surface area contributed by atoms with E-state index in [0.29, 0.717) is 17.6 Å².